The minimum Gasteiger partial charge on any atom is -0.423 e. The van der Waals surface area contributed by atoms with E-state index in [1.54, 1.807) is 0 Å². The standard InChI is InChI=1S/C24H22N2O/c1-24(2)19-10-6-5-8-17(19)18-13-12-15(14-20(18)24)16-9-7-11-21-22(16)25-23(27-21)26(3)4/h5-14H,1-4H3. The molecule has 0 atom stereocenters. The molecule has 0 bridgehead atoms. The Morgan fingerprint density at radius 1 is 0.815 bits per heavy atom. The first-order valence-electron chi connectivity index (χ1n) is 9.28. The van der Waals surface area contributed by atoms with Gasteiger partial charge in [-0.1, -0.05) is 62.4 Å². The van der Waals surface area contributed by atoms with Gasteiger partial charge in [0.05, 0.1) is 0 Å². The van der Waals surface area contributed by atoms with Crippen molar-refractivity contribution in [3.05, 3.63) is 71.8 Å². The number of oxazole rings is 1. The van der Waals surface area contributed by atoms with E-state index in [1.807, 2.05) is 31.1 Å². The van der Waals surface area contributed by atoms with E-state index >= 15 is 0 Å². The molecule has 3 nitrogen and oxygen atoms in total. The first-order valence-corrected chi connectivity index (χ1v) is 9.28. The largest absolute Gasteiger partial charge is 0.423 e. The summed E-state index contributed by atoms with van der Waals surface area (Å²) in [6, 6.07) is 22.3. The number of hydrogen-bond donors (Lipinski definition) is 0. The van der Waals surface area contributed by atoms with Gasteiger partial charge in [-0.2, -0.15) is 4.98 Å². The maximum absolute atomic E-state index is 5.89. The Bertz CT molecular complexity index is 1180. The highest BCUT2D eigenvalue weighted by atomic mass is 16.4. The van der Waals surface area contributed by atoms with Crippen LogP contribution in [0.5, 0.6) is 0 Å². The summed E-state index contributed by atoms with van der Waals surface area (Å²) in [6.07, 6.45) is 0. The third kappa shape index (κ3) is 2.24. The number of para-hydroxylation sites is 1. The SMILES string of the molecule is CN(C)c1nc2c(-c3ccc4c(c3)C(C)(C)c3ccccc3-4)cccc2o1. The van der Waals surface area contributed by atoms with Gasteiger partial charge in [0, 0.05) is 25.1 Å². The maximum atomic E-state index is 5.89. The van der Waals surface area contributed by atoms with E-state index in [9.17, 15) is 0 Å². The summed E-state index contributed by atoms with van der Waals surface area (Å²) in [7, 11) is 3.89. The van der Waals surface area contributed by atoms with Gasteiger partial charge in [0.2, 0.25) is 0 Å². The Labute approximate surface area is 159 Å². The fourth-order valence-electron chi connectivity index (χ4n) is 4.23. The molecule has 0 saturated carbocycles. The van der Waals surface area contributed by atoms with Gasteiger partial charge in [-0.05, 0) is 39.9 Å². The lowest BCUT2D eigenvalue weighted by molar-refractivity contribution is 0.597. The Kier molecular flexibility index (Phi) is 3.26. The van der Waals surface area contributed by atoms with Crippen molar-refractivity contribution in [1.29, 1.82) is 0 Å². The molecule has 0 spiro atoms. The van der Waals surface area contributed by atoms with Crippen molar-refractivity contribution in [1.82, 2.24) is 4.98 Å². The molecule has 0 radical (unpaired) electrons. The van der Waals surface area contributed by atoms with Gasteiger partial charge in [0.25, 0.3) is 6.01 Å². The number of anilines is 1. The summed E-state index contributed by atoms with van der Waals surface area (Å²) in [5.74, 6) is 0. The predicted molar refractivity (Wildman–Crippen MR) is 111 cm³/mol. The lowest BCUT2D eigenvalue weighted by Gasteiger charge is -2.22. The van der Waals surface area contributed by atoms with E-state index in [1.165, 1.54) is 27.8 Å². The third-order valence-electron chi connectivity index (χ3n) is 5.68. The van der Waals surface area contributed by atoms with Crippen LogP contribution in [0.1, 0.15) is 25.0 Å². The van der Waals surface area contributed by atoms with Crippen molar-refractivity contribution in [2.45, 2.75) is 19.3 Å². The van der Waals surface area contributed by atoms with E-state index in [4.69, 9.17) is 9.40 Å². The third-order valence-corrected chi connectivity index (χ3v) is 5.68. The molecular weight excluding hydrogens is 332 g/mol. The van der Waals surface area contributed by atoms with E-state index in [-0.39, 0.29) is 5.41 Å². The zero-order valence-electron chi connectivity index (χ0n) is 16.1. The van der Waals surface area contributed by atoms with Crippen LogP contribution in [0.2, 0.25) is 0 Å². The number of fused-ring (bicyclic) bond motifs is 4. The molecule has 0 amide bonds. The van der Waals surface area contributed by atoms with E-state index in [2.05, 4.69) is 62.4 Å². The fourth-order valence-corrected chi connectivity index (χ4v) is 4.23. The summed E-state index contributed by atoms with van der Waals surface area (Å²) < 4.78 is 5.89. The van der Waals surface area contributed by atoms with Crippen molar-refractivity contribution >= 4 is 17.1 Å². The summed E-state index contributed by atoms with van der Waals surface area (Å²) in [4.78, 5) is 6.61. The van der Waals surface area contributed by atoms with Crippen LogP contribution in [0.25, 0.3) is 33.4 Å². The highest BCUT2D eigenvalue weighted by Crippen LogP contribution is 2.49. The molecule has 27 heavy (non-hydrogen) atoms. The van der Waals surface area contributed by atoms with Crippen molar-refractivity contribution in [3.8, 4) is 22.3 Å². The molecule has 0 unspecified atom stereocenters. The second-order valence-electron chi connectivity index (χ2n) is 7.97. The molecule has 1 aliphatic carbocycles. The number of nitrogens with zero attached hydrogens (tertiary/aromatic N) is 2. The monoisotopic (exact) mass is 354 g/mol. The Balaban J connectivity index is 1.72. The summed E-state index contributed by atoms with van der Waals surface area (Å²) in [5.41, 5.74) is 9.46. The molecule has 3 aromatic carbocycles. The molecule has 1 heterocycles. The molecule has 0 N–H and O–H groups in total. The van der Waals surface area contributed by atoms with Crippen LogP contribution < -0.4 is 4.90 Å². The number of hydrogen-bond acceptors (Lipinski definition) is 3. The maximum Gasteiger partial charge on any atom is 0.297 e. The van der Waals surface area contributed by atoms with Crippen LogP contribution in [-0.4, -0.2) is 19.1 Å². The van der Waals surface area contributed by atoms with Gasteiger partial charge in [-0.25, -0.2) is 0 Å². The molecule has 134 valence electrons. The lowest BCUT2D eigenvalue weighted by Crippen LogP contribution is -2.14. The van der Waals surface area contributed by atoms with Gasteiger partial charge in [0.1, 0.15) is 5.52 Å². The van der Waals surface area contributed by atoms with Crippen molar-refractivity contribution in [2.24, 2.45) is 0 Å². The quantitative estimate of drug-likeness (QED) is 0.451. The van der Waals surface area contributed by atoms with E-state index in [0.717, 1.165) is 16.7 Å². The summed E-state index contributed by atoms with van der Waals surface area (Å²) in [6.45, 7) is 4.62. The van der Waals surface area contributed by atoms with Gasteiger partial charge in [-0.3, -0.25) is 0 Å². The first-order chi connectivity index (χ1) is 13.0. The number of benzene rings is 3. The lowest BCUT2D eigenvalue weighted by atomic mass is 9.81. The highest BCUT2D eigenvalue weighted by Gasteiger charge is 2.35. The van der Waals surface area contributed by atoms with Gasteiger partial charge in [0.15, 0.2) is 5.58 Å². The van der Waals surface area contributed by atoms with Crippen molar-refractivity contribution in [3.63, 3.8) is 0 Å². The summed E-state index contributed by atoms with van der Waals surface area (Å²) in [5, 5.41) is 0. The number of rotatable bonds is 2. The van der Waals surface area contributed by atoms with Crippen LogP contribution in [0.4, 0.5) is 6.01 Å². The van der Waals surface area contributed by atoms with E-state index < -0.39 is 0 Å². The predicted octanol–water partition coefficient (Wildman–Crippen LogP) is 5.87. The number of aromatic nitrogens is 1. The van der Waals surface area contributed by atoms with Crippen LogP contribution in [0.15, 0.2) is 65.1 Å². The normalized spacial score (nSPS) is 14.2. The Hall–Kier alpha value is -3.07. The molecule has 0 fully saturated rings. The molecule has 0 aliphatic heterocycles. The zero-order chi connectivity index (χ0) is 18.8. The van der Waals surface area contributed by atoms with Crippen LogP contribution >= 0.6 is 0 Å². The van der Waals surface area contributed by atoms with Crippen molar-refractivity contribution < 1.29 is 4.42 Å². The Morgan fingerprint density at radius 2 is 1.56 bits per heavy atom. The van der Waals surface area contributed by atoms with E-state index in [0.29, 0.717) is 6.01 Å². The van der Waals surface area contributed by atoms with Crippen LogP contribution in [0.3, 0.4) is 0 Å². The van der Waals surface area contributed by atoms with Gasteiger partial charge in [-0.15, -0.1) is 0 Å². The molecule has 1 aliphatic rings. The van der Waals surface area contributed by atoms with Gasteiger partial charge >= 0.3 is 0 Å². The molecular formula is C24H22N2O. The van der Waals surface area contributed by atoms with Crippen LogP contribution in [0, 0.1) is 0 Å². The minimum absolute atomic E-state index is 0.00550. The van der Waals surface area contributed by atoms with Crippen molar-refractivity contribution in [2.75, 3.05) is 19.0 Å². The average Bonchev–Trinajstić information content (AvgIpc) is 3.20. The molecule has 1 aromatic heterocycles. The average molecular weight is 354 g/mol. The molecule has 5 rings (SSSR count). The summed E-state index contributed by atoms with van der Waals surface area (Å²) >= 11 is 0. The zero-order valence-corrected chi connectivity index (χ0v) is 16.1. The fraction of sp³-hybridized carbons (Fsp3) is 0.208. The molecule has 4 aromatic rings. The second kappa shape index (κ2) is 5.46. The topological polar surface area (TPSA) is 29.3 Å². The van der Waals surface area contributed by atoms with Crippen LogP contribution in [-0.2, 0) is 5.41 Å². The first kappa shape index (κ1) is 16.1. The van der Waals surface area contributed by atoms with Gasteiger partial charge < -0.3 is 9.32 Å². The smallest absolute Gasteiger partial charge is 0.297 e. The highest BCUT2D eigenvalue weighted by molar-refractivity contribution is 5.93. The minimum atomic E-state index is -0.00550. The molecule has 0 saturated heterocycles. The second-order valence-corrected chi connectivity index (χ2v) is 7.97. The Morgan fingerprint density at radius 3 is 2.37 bits per heavy atom. The molecule has 3 heteroatoms.